The van der Waals surface area contributed by atoms with Gasteiger partial charge in [-0.2, -0.15) is 0 Å². The number of imide groups is 1. The van der Waals surface area contributed by atoms with Crippen molar-refractivity contribution in [3.63, 3.8) is 0 Å². The Morgan fingerprint density at radius 1 is 1.18 bits per heavy atom. The van der Waals surface area contributed by atoms with E-state index in [9.17, 15) is 14.4 Å². The molecule has 3 aliphatic heterocycles. The molecule has 0 spiro atoms. The van der Waals surface area contributed by atoms with Crippen LogP contribution in [0.5, 0.6) is 0 Å². The number of aryl methyl sites for hydroxylation is 1. The van der Waals surface area contributed by atoms with Crippen molar-refractivity contribution < 1.29 is 14.4 Å². The van der Waals surface area contributed by atoms with Crippen LogP contribution in [0.4, 0.5) is 5.69 Å². The van der Waals surface area contributed by atoms with E-state index in [0.717, 1.165) is 16.8 Å². The predicted octanol–water partition coefficient (Wildman–Crippen LogP) is 2.98. The summed E-state index contributed by atoms with van der Waals surface area (Å²) in [6, 6.07) is 5.15. The van der Waals surface area contributed by atoms with Crippen molar-refractivity contribution in [3.05, 3.63) is 48.1 Å². The molecule has 2 fully saturated rings. The Bertz CT molecular complexity index is 924. The molecular formula is C23H26N2O3. The summed E-state index contributed by atoms with van der Waals surface area (Å²) in [7, 11) is 0. The molecular weight excluding hydrogens is 352 g/mol. The second-order valence-corrected chi connectivity index (χ2v) is 9.01. The molecule has 1 aromatic carbocycles. The highest BCUT2D eigenvalue weighted by molar-refractivity contribution is 6.11. The van der Waals surface area contributed by atoms with Crippen molar-refractivity contribution in [2.45, 2.75) is 39.8 Å². The normalized spacial score (nSPS) is 28.3. The lowest BCUT2D eigenvalue weighted by Crippen LogP contribution is -2.51. The van der Waals surface area contributed by atoms with Crippen LogP contribution in [0.2, 0.25) is 0 Å². The van der Waals surface area contributed by atoms with E-state index in [0.29, 0.717) is 0 Å². The fourth-order valence-corrected chi connectivity index (χ4v) is 4.81. The van der Waals surface area contributed by atoms with Gasteiger partial charge in [0.15, 0.2) is 5.78 Å². The van der Waals surface area contributed by atoms with Gasteiger partial charge in [-0.1, -0.05) is 50.6 Å². The zero-order valence-electron chi connectivity index (χ0n) is 16.8. The molecule has 0 bridgehead atoms. The summed E-state index contributed by atoms with van der Waals surface area (Å²) >= 11 is 0. The topological polar surface area (TPSA) is 57.7 Å². The number of Topliss-reactive ketones (excluding diaryl/α,β-unsaturated/α-hetero) is 1. The highest BCUT2D eigenvalue weighted by atomic mass is 16.2. The number of benzene rings is 1. The number of fused-ring (bicyclic) bond motifs is 5. The Labute approximate surface area is 165 Å². The SMILES string of the molecule is C=CCN1C(=O)[C@@H]2C3C=Cc4cc(C)ccc4N3C(C(=O)C(C)(C)C)[C@@H]2C1=O. The quantitative estimate of drug-likeness (QED) is 0.599. The van der Waals surface area contributed by atoms with Crippen LogP contribution in [0.25, 0.3) is 6.08 Å². The van der Waals surface area contributed by atoms with Crippen molar-refractivity contribution in [3.8, 4) is 0 Å². The molecule has 5 nitrogen and oxygen atoms in total. The first-order chi connectivity index (χ1) is 13.2. The molecule has 1 aromatic rings. The Hall–Kier alpha value is -2.69. The van der Waals surface area contributed by atoms with Gasteiger partial charge in [0, 0.05) is 17.6 Å². The maximum atomic E-state index is 13.5. The standard InChI is InChI=1S/C23H26N2O3/c1-6-11-24-21(27)17-16-10-8-14-12-13(2)7-9-15(14)25(16)19(18(17)22(24)28)20(26)23(3,4)5/h6-10,12,16-19H,1,11H2,2-5H3/t16?,17-,18-,19?/m1/s1. The van der Waals surface area contributed by atoms with Crippen LogP contribution in [-0.4, -0.2) is 41.1 Å². The molecule has 146 valence electrons. The number of likely N-dealkylation sites (tertiary alicyclic amines) is 1. The molecule has 0 N–H and O–H groups in total. The largest absolute Gasteiger partial charge is 0.353 e. The Morgan fingerprint density at radius 2 is 1.86 bits per heavy atom. The van der Waals surface area contributed by atoms with Crippen LogP contribution < -0.4 is 4.90 Å². The maximum Gasteiger partial charge on any atom is 0.236 e. The molecule has 0 radical (unpaired) electrons. The van der Waals surface area contributed by atoms with Gasteiger partial charge in [-0.25, -0.2) is 0 Å². The van der Waals surface area contributed by atoms with Gasteiger partial charge in [0.1, 0.15) is 6.04 Å². The van der Waals surface area contributed by atoms with Crippen LogP contribution in [0.3, 0.4) is 0 Å². The van der Waals surface area contributed by atoms with Gasteiger partial charge in [0.2, 0.25) is 11.8 Å². The monoisotopic (exact) mass is 378 g/mol. The molecule has 0 aromatic heterocycles. The van der Waals surface area contributed by atoms with Gasteiger partial charge in [-0.05, 0) is 24.6 Å². The van der Waals surface area contributed by atoms with Crippen molar-refractivity contribution >= 4 is 29.4 Å². The van der Waals surface area contributed by atoms with E-state index in [1.807, 2.05) is 56.9 Å². The third kappa shape index (κ3) is 2.49. The van der Waals surface area contributed by atoms with E-state index >= 15 is 0 Å². The number of carbonyl (C=O) groups is 3. The summed E-state index contributed by atoms with van der Waals surface area (Å²) in [6.45, 7) is 11.5. The maximum absolute atomic E-state index is 13.5. The minimum absolute atomic E-state index is 0.00609. The molecule has 5 heteroatoms. The number of amides is 2. The number of nitrogens with zero attached hydrogens (tertiary/aromatic N) is 2. The number of hydrogen-bond acceptors (Lipinski definition) is 4. The van der Waals surface area contributed by atoms with Gasteiger partial charge in [0.25, 0.3) is 0 Å². The molecule has 2 amide bonds. The Balaban J connectivity index is 1.88. The fourth-order valence-electron chi connectivity index (χ4n) is 4.81. The van der Waals surface area contributed by atoms with Gasteiger partial charge >= 0.3 is 0 Å². The molecule has 0 aliphatic carbocycles. The van der Waals surface area contributed by atoms with E-state index in [1.54, 1.807) is 6.08 Å². The number of carbonyl (C=O) groups excluding carboxylic acids is 3. The molecule has 28 heavy (non-hydrogen) atoms. The molecule has 3 aliphatic rings. The second-order valence-electron chi connectivity index (χ2n) is 9.01. The minimum atomic E-state index is -0.652. The zero-order chi connectivity index (χ0) is 20.4. The zero-order valence-corrected chi connectivity index (χ0v) is 16.8. The Morgan fingerprint density at radius 3 is 2.50 bits per heavy atom. The van der Waals surface area contributed by atoms with Crippen LogP contribution in [0, 0.1) is 24.2 Å². The predicted molar refractivity (Wildman–Crippen MR) is 109 cm³/mol. The van der Waals surface area contributed by atoms with Crippen molar-refractivity contribution in [2.75, 3.05) is 11.4 Å². The molecule has 0 saturated carbocycles. The van der Waals surface area contributed by atoms with E-state index in [4.69, 9.17) is 0 Å². The first-order valence-corrected chi connectivity index (χ1v) is 9.74. The first-order valence-electron chi connectivity index (χ1n) is 9.74. The van der Waals surface area contributed by atoms with E-state index in [-0.39, 0.29) is 30.2 Å². The van der Waals surface area contributed by atoms with E-state index < -0.39 is 23.3 Å². The van der Waals surface area contributed by atoms with Crippen molar-refractivity contribution in [1.82, 2.24) is 4.90 Å². The minimum Gasteiger partial charge on any atom is -0.353 e. The van der Waals surface area contributed by atoms with Gasteiger partial charge < -0.3 is 4.90 Å². The molecule has 4 rings (SSSR count). The average molecular weight is 378 g/mol. The summed E-state index contributed by atoms with van der Waals surface area (Å²) in [5.74, 6) is -1.65. The Kier molecular flexibility index (Phi) is 4.11. The molecule has 3 heterocycles. The summed E-state index contributed by atoms with van der Waals surface area (Å²) in [5.41, 5.74) is 2.45. The third-order valence-electron chi connectivity index (χ3n) is 6.07. The number of anilines is 1. The summed E-state index contributed by atoms with van der Waals surface area (Å²) in [6.07, 6.45) is 5.56. The lowest BCUT2D eigenvalue weighted by Gasteiger charge is -2.38. The van der Waals surface area contributed by atoms with Crippen molar-refractivity contribution in [1.29, 1.82) is 0 Å². The smallest absolute Gasteiger partial charge is 0.236 e. The number of ketones is 1. The third-order valence-corrected chi connectivity index (χ3v) is 6.07. The van der Waals surface area contributed by atoms with Gasteiger partial charge in [0.05, 0.1) is 17.9 Å². The first kappa shape index (κ1) is 18.7. The summed E-state index contributed by atoms with van der Waals surface area (Å²) in [5, 5.41) is 0. The van der Waals surface area contributed by atoms with E-state index in [2.05, 4.69) is 12.6 Å². The number of hydrogen-bond donors (Lipinski definition) is 0. The van der Waals surface area contributed by atoms with Crippen molar-refractivity contribution in [2.24, 2.45) is 17.3 Å². The highest BCUT2D eigenvalue weighted by Crippen LogP contribution is 2.49. The van der Waals surface area contributed by atoms with Gasteiger partial charge in [-0.3, -0.25) is 19.3 Å². The lowest BCUT2D eigenvalue weighted by molar-refractivity contribution is -0.141. The molecule has 2 saturated heterocycles. The summed E-state index contributed by atoms with van der Waals surface area (Å²) < 4.78 is 0. The lowest BCUT2D eigenvalue weighted by atomic mass is 9.79. The van der Waals surface area contributed by atoms with Gasteiger partial charge in [-0.15, -0.1) is 6.58 Å². The summed E-state index contributed by atoms with van der Waals surface area (Å²) in [4.78, 5) is 43.1. The second kappa shape index (κ2) is 6.16. The van der Waals surface area contributed by atoms with Crippen LogP contribution in [0.15, 0.2) is 36.9 Å². The fraction of sp³-hybridized carbons (Fsp3) is 0.435. The van der Waals surface area contributed by atoms with Crippen LogP contribution in [-0.2, 0) is 14.4 Å². The highest BCUT2D eigenvalue weighted by Gasteiger charge is 2.64. The molecule has 4 atom stereocenters. The van der Waals surface area contributed by atoms with E-state index in [1.165, 1.54) is 4.90 Å². The van der Waals surface area contributed by atoms with Crippen LogP contribution >= 0.6 is 0 Å². The van der Waals surface area contributed by atoms with Crippen LogP contribution in [0.1, 0.15) is 31.9 Å². The molecule has 2 unspecified atom stereocenters. The average Bonchev–Trinajstić information content (AvgIpc) is 3.09. The number of rotatable bonds is 3.